The van der Waals surface area contributed by atoms with Crippen LogP contribution in [-0.2, 0) is 0 Å². The van der Waals surface area contributed by atoms with Crippen LogP contribution in [-0.4, -0.2) is 47.6 Å². The van der Waals surface area contributed by atoms with E-state index in [0.29, 0.717) is 17.5 Å². The molecule has 3 heterocycles. The molecular weight excluding hydrogens is 232 g/mol. The van der Waals surface area contributed by atoms with E-state index in [1.807, 2.05) is 0 Å². The van der Waals surface area contributed by atoms with E-state index in [9.17, 15) is 0 Å². The van der Waals surface area contributed by atoms with Crippen LogP contribution in [0.15, 0.2) is 0 Å². The molecule has 0 radical (unpaired) electrons. The minimum absolute atomic E-state index is 0.566. The van der Waals surface area contributed by atoms with Crippen molar-refractivity contribution in [3.63, 3.8) is 0 Å². The lowest BCUT2D eigenvalue weighted by Crippen LogP contribution is -2.57. The van der Waals surface area contributed by atoms with Crippen molar-refractivity contribution in [2.45, 2.75) is 78.9 Å². The highest BCUT2D eigenvalue weighted by atomic mass is 15.3. The molecule has 0 aromatic rings. The zero-order valence-electron chi connectivity index (χ0n) is 13.9. The third-order valence-electron chi connectivity index (χ3n) is 5.97. The average Bonchev–Trinajstić information content (AvgIpc) is 2.66. The summed E-state index contributed by atoms with van der Waals surface area (Å²) in [6, 6.07) is 2.16. The predicted octanol–water partition coefficient (Wildman–Crippen LogP) is 3.62. The summed E-state index contributed by atoms with van der Waals surface area (Å²) < 4.78 is 0. The van der Waals surface area contributed by atoms with Crippen LogP contribution in [0.4, 0.5) is 0 Å². The Hall–Kier alpha value is -0.0800. The largest absolute Gasteiger partial charge is 0.299 e. The average molecular weight is 266 g/mol. The van der Waals surface area contributed by atoms with Gasteiger partial charge in [-0.1, -0.05) is 13.8 Å². The van der Waals surface area contributed by atoms with Crippen molar-refractivity contribution in [2.75, 3.05) is 19.6 Å². The number of rotatable bonds is 4. The second-order valence-corrected chi connectivity index (χ2v) is 7.49. The highest BCUT2D eigenvalue weighted by Gasteiger charge is 2.49. The Morgan fingerprint density at radius 3 is 2.05 bits per heavy atom. The molecule has 3 aliphatic rings. The lowest BCUT2D eigenvalue weighted by molar-refractivity contribution is -0.0237. The van der Waals surface area contributed by atoms with Gasteiger partial charge in [-0.05, 0) is 58.3 Å². The van der Waals surface area contributed by atoms with Gasteiger partial charge in [-0.15, -0.1) is 0 Å². The summed E-state index contributed by atoms with van der Waals surface area (Å²) in [7, 11) is 0. The molecular formula is C17H34N2. The van der Waals surface area contributed by atoms with Crippen molar-refractivity contribution in [3.05, 3.63) is 0 Å². The van der Waals surface area contributed by atoms with Crippen LogP contribution in [0.3, 0.4) is 0 Å². The maximum atomic E-state index is 2.82. The standard InChI is InChI=1S/C17H34N2/c1-7-17(8-2)9-15-10-18(13(3)4)12-16(17)19(11-15)14(5)6/h13-16H,7-12H2,1-6H3. The summed E-state index contributed by atoms with van der Waals surface area (Å²) in [6.07, 6.45) is 4.15. The van der Waals surface area contributed by atoms with E-state index in [1.165, 1.54) is 38.9 Å². The van der Waals surface area contributed by atoms with Crippen molar-refractivity contribution < 1.29 is 0 Å². The fraction of sp³-hybridized carbons (Fsp3) is 1.00. The molecule has 3 saturated heterocycles. The highest BCUT2D eigenvalue weighted by molar-refractivity contribution is 5.03. The summed E-state index contributed by atoms with van der Waals surface area (Å²) in [5.74, 6) is 0.878. The molecule has 0 aliphatic carbocycles. The van der Waals surface area contributed by atoms with Gasteiger partial charge in [0.05, 0.1) is 0 Å². The molecule has 3 fully saturated rings. The molecule has 0 N–H and O–H groups in total. The Balaban J connectivity index is 2.32. The van der Waals surface area contributed by atoms with Crippen LogP contribution >= 0.6 is 0 Å². The van der Waals surface area contributed by atoms with Gasteiger partial charge in [0.1, 0.15) is 0 Å². The second-order valence-electron chi connectivity index (χ2n) is 7.49. The molecule has 0 saturated carbocycles. The van der Waals surface area contributed by atoms with Gasteiger partial charge >= 0.3 is 0 Å². The number of hydrogen-bond acceptors (Lipinski definition) is 2. The van der Waals surface area contributed by atoms with Crippen molar-refractivity contribution in [1.82, 2.24) is 9.80 Å². The van der Waals surface area contributed by atoms with Gasteiger partial charge in [-0.25, -0.2) is 0 Å². The van der Waals surface area contributed by atoms with E-state index >= 15 is 0 Å². The quantitative estimate of drug-likeness (QED) is 0.767. The molecule has 0 spiro atoms. The monoisotopic (exact) mass is 266 g/mol. The molecule has 19 heavy (non-hydrogen) atoms. The Bertz CT molecular complexity index is 292. The SMILES string of the molecule is CCC1(CC)CC2CN(C(C)C)CC1N(C(C)C)C2. The smallest absolute Gasteiger partial charge is 0.0282 e. The third kappa shape index (κ3) is 2.71. The van der Waals surface area contributed by atoms with Crippen LogP contribution < -0.4 is 0 Å². The van der Waals surface area contributed by atoms with E-state index in [1.54, 1.807) is 0 Å². The molecule has 2 heteroatoms. The van der Waals surface area contributed by atoms with Crippen molar-refractivity contribution >= 4 is 0 Å². The van der Waals surface area contributed by atoms with Gasteiger partial charge in [-0.3, -0.25) is 9.80 Å². The first-order valence-electron chi connectivity index (χ1n) is 8.43. The van der Waals surface area contributed by atoms with Gasteiger partial charge in [-0.2, -0.15) is 0 Å². The van der Waals surface area contributed by atoms with Gasteiger partial charge in [0.25, 0.3) is 0 Å². The molecule has 2 unspecified atom stereocenters. The van der Waals surface area contributed by atoms with Gasteiger partial charge < -0.3 is 0 Å². The van der Waals surface area contributed by atoms with Crippen LogP contribution in [0.5, 0.6) is 0 Å². The Morgan fingerprint density at radius 2 is 1.58 bits per heavy atom. The predicted molar refractivity (Wildman–Crippen MR) is 83.5 cm³/mol. The first-order chi connectivity index (χ1) is 8.93. The van der Waals surface area contributed by atoms with Crippen LogP contribution in [0, 0.1) is 11.3 Å². The fourth-order valence-corrected chi connectivity index (χ4v) is 4.60. The molecule has 0 aromatic carbocycles. The molecule has 112 valence electrons. The lowest BCUT2D eigenvalue weighted by Gasteiger charge is -2.52. The Morgan fingerprint density at radius 1 is 0.947 bits per heavy atom. The first-order valence-corrected chi connectivity index (χ1v) is 8.43. The highest BCUT2D eigenvalue weighted by Crippen LogP contribution is 2.47. The molecule has 0 aromatic heterocycles. The summed E-state index contributed by atoms with van der Waals surface area (Å²) in [5.41, 5.74) is 0.566. The Kier molecular flexibility index (Phi) is 4.62. The summed E-state index contributed by atoms with van der Waals surface area (Å²) in [6.45, 7) is 18.3. The number of nitrogens with zero attached hydrogens (tertiary/aromatic N) is 2. The number of fused-ring (bicyclic) bond motifs is 4. The van der Waals surface area contributed by atoms with Crippen LogP contribution in [0.25, 0.3) is 0 Å². The first kappa shape index (κ1) is 15.3. The zero-order valence-corrected chi connectivity index (χ0v) is 13.9. The van der Waals surface area contributed by atoms with E-state index in [4.69, 9.17) is 0 Å². The molecule has 2 nitrogen and oxygen atoms in total. The fourth-order valence-electron chi connectivity index (χ4n) is 4.60. The molecule has 2 bridgehead atoms. The Labute approximate surface area is 120 Å². The van der Waals surface area contributed by atoms with Gasteiger partial charge in [0, 0.05) is 37.8 Å². The van der Waals surface area contributed by atoms with Crippen molar-refractivity contribution in [2.24, 2.45) is 11.3 Å². The summed E-state index contributed by atoms with van der Waals surface area (Å²) in [4.78, 5) is 5.56. The summed E-state index contributed by atoms with van der Waals surface area (Å²) in [5, 5.41) is 0. The molecule has 0 amide bonds. The van der Waals surface area contributed by atoms with E-state index < -0.39 is 0 Å². The van der Waals surface area contributed by atoms with E-state index in [0.717, 1.165) is 12.0 Å². The maximum absolute atomic E-state index is 2.82. The van der Waals surface area contributed by atoms with Crippen LogP contribution in [0.2, 0.25) is 0 Å². The minimum atomic E-state index is 0.566. The zero-order chi connectivity index (χ0) is 14.2. The second kappa shape index (κ2) is 5.73. The minimum Gasteiger partial charge on any atom is -0.299 e. The molecule has 2 atom stereocenters. The van der Waals surface area contributed by atoms with E-state index in [-0.39, 0.29) is 0 Å². The molecule has 3 rings (SSSR count). The maximum Gasteiger partial charge on any atom is 0.0282 e. The number of hydrogen-bond donors (Lipinski definition) is 0. The lowest BCUT2D eigenvalue weighted by atomic mass is 9.67. The van der Waals surface area contributed by atoms with Gasteiger partial charge in [0.15, 0.2) is 0 Å². The topological polar surface area (TPSA) is 6.48 Å². The molecule has 3 aliphatic heterocycles. The summed E-state index contributed by atoms with van der Waals surface area (Å²) >= 11 is 0. The van der Waals surface area contributed by atoms with Crippen molar-refractivity contribution in [3.8, 4) is 0 Å². The van der Waals surface area contributed by atoms with Crippen molar-refractivity contribution in [1.29, 1.82) is 0 Å². The van der Waals surface area contributed by atoms with E-state index in [2.05, 4.69) is 51.3 Å². The van der Waals surface area contributed by atoms with Crippen LogP contribution in [0.1, 0.15) is 60.8 Å². The normalized spacial score (nSPS) is 32.2. The third-order valence-corrected chi connectivity index (χ3v) is 5.97. The van der Waals surface area contributed by atoms with Gasteiger partial charge in [0.2, 0.25) is 0 Å². The number of piperidine rings is 1.